The van der Waals surface area contributed by atoms with Crippen molar-refractivity contribution in [3.63, 3.8) is 0 Å². The summed E-state index contributed by atoms with van der Waals surface area (Å²) in [5, 5.41) is 6.93. The molecule has 0 spiro atoms. The summed E-state index contributed by atoms with van der Waals surface area (Å²) in [4.78, 5) is 4.04. The molecular weight excluding hydrogens is 251 g/mol. The van der Waals surface area contributed by atoms with E-state index in [1.165, 1.54) is 0 Å². The van der Waals surface area contributed by atoms with Crippen LogP contribution >= 0.6 is 0 Å². The first-order chi connectivity index (χ1) is 8.53. The zero-order chi connectivity index (χ0) is 13.0. The Kier molecular flexibility index (Phi) is 4.18. The summed E-state index contributed by atoms with van der Waals surface area (Å²) in [5.74, 6) is 0.817. The van der Waals surface area contributed by atoms with E-state index >= 15 is 0 Å². The van der Waals surface area contributed by atoms with Crippen molar-refractivity contribution in [1.29, 1.82) is 0 Å². The lowest BCUT2D eigenvalue weighted by Crippen LogP contribution is -2.18. The highest BCUT2D eigenvalue weighted by Gasteiger charge is 2.27. The van der Waals surface area contributed by atoms with Crippen LogP contribution in [0.3, 0.4) is 0 Å². The Balaban J connectivity index is 1.63. The Morgan fingerprint density at radius 3 is 2.83 bits per heavy atom. The van der Waals surface area contributed by atoms with E-state index < -0.39 is 12.8 Å². The molecule has 1 fully saturated rings. The number of nitrogens with zero attached hydrogens (tertiary/aromatic N) is 2. The molecule has 1 aromatic rings. The largest absolute Gasteiger partial charge is 0.411 e. The number of halogens is 3. The Labute approximate surface area is 102 Å². The number of alkyl halides is 3. The zero-order valence-electron chi connectivity index (χ0n) is 9.66. The minimum Gasteiger partial charge on any atom is -0.372 e. The van der Waals surface area contributed by atoms with Gasteiger partial charge in [0.15, 0.2) is 5.82 Å². The number of nitrogens with one attached hydrogen (secondary N) is 1. The first kappa shape index (κ1) is 13.3. The lowest BCUT2D eigenvalue weighted by molar-refractivity contribution is -0.173. The van der Waals surface area contributed by atoms with Crippen molar-refractivity contribution >= 4 is 0 Å². The fourth-order valence-corrected chi connectivity index (χ4v) is 1.33. The van der Waals surface area contributed by atoms with Gasteiger partial charge in [0, 0.05) is 6.04 Å². The van der Waals surface area contributed by atoms with Crippen molar-refractivity contribution in [1.82, 2.24) is 15.5 Å². The van der Waals surface area contributed by atoms with E-state index in [4.69, 9.17) is 4.52 Å². The molecule has 102 valence electrons. The van der Waals surface area contributed by atoms with Crippen molar-refractivity contribution in [2.75, 3.05) is 13.2 Å². The number of hydrogen-bond acceptors (Lipinski definition) is 5. The maximum Gasteiger partial charge on any atom is 0.411 e. The van der Waals surface area contributed by atoms with Crippen LogP contribution in [-0.4, -0.2) is 35.6 Å². The third-order valence-electron chi connectivity index (χ3n) is 2.36. The van der Waals surface area contributed by atoms with E-state index in [1.807, 2.05) is 0 Å². The second-order valence-electron chi connectivity index (χ2n) is 4.18. The Morgan fingerprint density at radius 1 is 1.39 bits per heavy atom. The summed E-state index contributed by atoms with van der Waals surface area (Å²) >= 11 is 0. The van der Waals surface area contributed by atoms with Crippen LogP contribution in [0.2, 0.25) is 0 Å². The molecule has 2 rings (SSSR count). The highest BCUT2D eigenvalue weighted by molar-refractivity contribution is 4.89. The molecular formula is C10H14F3N3O2. The smallest absolute Gasteiger partial charge is 0.372 e. The predicted octanol–water partition coefficient (Wildman–Crippen LogP) is 1.44. The van der Waals surface area contributed by atoms with Gasteiger partial charge in [-0.2, -0.15) is 18.2 Å². The Hall–Kier alpha value is -1.15. The minimum atomic E-state index is -4.30. The maximum absolute atomic E-state index is 11.8. The van der Waals surface area contributed by atoms with Gasteiger partial charge in [0.25, 0.3) is 0 Å². The van der Waals surface area contributed by atoms with Crippen molar-refractivity contribution in [2.24, 2.45) is 0 Å². The van der Waals surface area contributed by atoms with E-state index in [1.54, 1.807) is 0 Å². The molecule has 18 heavy (non-hydrogen) atoms. The molecule has 1 aliphatic carbocycles. The lowest BCUT2D eigenvalue weighted by atomic mass is 10.4. The van der Waals surface area contributed by atoms with Gasteiger partial charge in [-0.3, -0.25) is 0 Å². The molecule has 5 nitrogen and oxygen atoms in total. The first-order valence-electron chi connectivity index (χ1n) is 5.72. The Bertz CT molecular complexity index is 377. The van der Waals surface area contributed by atoms with E-state index in [0.29, 0.717) is 24.3 Å². The van der Waals surface area contributed by atoms with Crippen molar-refractivity contribution in [2.45, 2.75) is 38.0 Å². The maximum atomic E-state index is 11.8. The zero-order valence-corrected chi connectivity index (χ0v) is 9.66. The van der Waals surface area contributed by atoms with Crippen LogP contribution in [0.15, 0.2) is 4.52 Å². The molecule has 0 amide bonds. The normalized spacial score (nSPS) is 16.2. The van der Waals surface area contributed by atoms with Crippen molar-refractivity contribution in [3.8, 4) is 0 Å². The van der Waals surface area contributed by atoms with E-state index in [9.17, 15) is 13.2 Å². The number of aromatic nitrogens is 2. The second-order valence-corrected chi connectivity index (χ2v) is 4.18. The number of rotatable bonds is 7. The van der Waals surface area contributed by atoms with Gasteiger partial charge in [-0.1, -0.05) is 5.16 Å². The molecule has 0 radical (unpaired) electrons. The minimum absolute atomic E-state index is 0.0861. The third kappa shape index (κ3) is 5.01. The summed E-state index contributed by atoms with van der Waals surface area (Å²) in [7, 11) is 0. The summed E-state index contributed by atoms with van der Waals surface area (Å²) < 4.78 is 44.7. The van der Waals surface area contributed by atoms with Gasteiger partial charge in [-0.15, -0.1) is 0 Å². The van der Waals surface area contributed by atoms with Gasteiger partial charge in [-0.25, -0.2) is 0 Å². The third-order valence-corrected chi connectivity index (χ3v) is 2.36. The van der Waals surface area contributed by atoms with Crippen LogP contribution < -0.4 is 5.32 Å². The number of hydrogen-bond donors (Lipinski definition) is 1. The summed E-state index contributed by atoms with van der Waals surface area (Å²) in [6, 6.07) is 0.544. The fraction of sp³-hybridized carbons (Fsp3) is 0.800. The summed E-state index contributed by atoms with van der Waals surface area (Å²) in [6.45, 7) is -0.813. The van der Waals surface area contributed by atoms with Crippen LogP contribution in [-0.2, 0) is 17.7 Å². The predicted molar refractivity (Wildman–Crippen MR) is 54.7 cm³/mol. The number of ether oxygens (including phenoxy) is 1. The highest BCUT2D eigenvalue weighted by atomic mass is 19.4. The summed E-state index contributed by atoms with van der Waals surface area (Å²) in [5.41, 5.74) is 0. The monoisotopic (exact) mass is 265 g/mol. The molecule has 0 atom stereocenters. The quantitative estimate of drug-likeness (QED) is 0.756. The summed E-state index contributed by atoms with van der Waals surface area (Å²) in [6.07, 6.45) is -1.79. The molecule has 8 heteroatoms. The van der Waals surface area contributed by atoms with Gasteiger partial charge < -0.3 is 14.6 Å². The van der Waals surface area contributed by atoms with E-state index in [-0.39, 0.29) is 13.0 Å². The first-order valence-corrected chi connectivity index (χ1v) is 5.72. The SMILES string of the molecule is FC(F)(F)COCCc1nc(CNC2CC2)no1. The van der Waals surface area contributed by atoms with Crippen molar-refractivity contribution in [3.05, 3.63) is 11.7 Å². The molecule has 1 aromatic heterocycles. The van der Waals surface area contributed by atoms with Gasteiger partial charge in [0.2, 0.25) is 5.89 Å². The van der Waals surface area contributed by atoms with Gasteiger partial charge in [-0.05, 0) is 12.8 Å². The standard InChI is InChI=1S/C10H14F3N3O2/c11-10(12,13)6-17-4-3-9-15-8(16-18-9)5-14-7-1-2-7/h7,14H,1-6H2. The molecule has 0 aromatic carbocycles. The van der Waals surface area contributed by atoms with Gasteiger partial charge >= 0.3 is 6.18 Å². The van der Waals surface area contributed by atoms with Crippen LogP contribution in [0.25, 0.3) is 0 Å². The van der Waals surface area contributed by atoms with Crippen molar-refractivity contribution < 1.29 is 22.4 Å². The van der Waals surface area contributed by atoms with Crippen LogP contribution in [0.4, 0.5) is 13.2 Å². The van der Waals surface area contributed by atoms with Crippen LogP contribution in [0, 0.1) is 0 Å². The molecule has 1 N–H and O–H groups in total. The fourth-order valence-electron chi connectivity index (χ4n) is 1.33. The van der Waals surface area contributed by atoms with Gasteiger partial charge in [0.05, 0.1) is 19.6 Å². The molecule has 0 bridgehead atoms. The molecule has 0 unspecified atom stereocenters. The second kappa shape index (κ2) is 5.66. The van der Waals surface area contributed by atoms with Crippen LogP contribution in [0.5, 0.6) is 0 Å². The van der Waals surface area contributed by atoms with Crippen LogP contribution in [0.1, 0.15) is 24.6 Å². The molecule has 1 aliphatic rings. The molecule has 0 aliphatic heterocycles. The van der Waals surface area contributed by atoms with Gasteiger partial charge in [0.1, 0.15) is 6.61 Å². The highest BCUT2D eigenvalue weighted by Crippen LogP contribution is 2.19. The lowest BCUT2D eigenvalue weighted by Gasteiger charge is -2.05. The molecule has 1 saturated carbocycles. The molecule has 1 heterocycles. The topological polar surface area (TPSA) is 60.2 Å². The average Bonchev–Trinajstić information content (AvgIpc) is 3.00. The van der Waals surface area contributed by atoms with E-state index in [2.05, 4.69) is 20.2 Å². The average molecular weight is 265 g/mol. The van der Waals surface area contributed by atoms with E-state index in [0.717, 1.165) is 12.8 Å². The Morgan fingerprint density at radius 2 is 2.17 bits per heavy atom. The molecule has 0 saturated heterocycles.